The first kappa shape index (κ1) is 19.9. The maximum atomic E-state index is 13.1. The summed E-state index contributed by atoms with van der Waals surface area (Å²) in [6.07, 6.45) is 1.26. The number of aryl methyl sites for hydroxylation is 2. The van der Waals surface area contributed by atoms with Gasteiger partial charge in [-0.25, -0.2) is 4.98 Å². The summed E-state index contributed by atoms with van der Waals surface area (Å²) in [5.41, 5.74) is 3.36. The van der Waals surface area contributed by atoms with E-state index in [0.717, 1.165) is 42.4 Å². The molecule has 2 saturated heterocycles. The number of thiazole rings is 1. The van der Waals surface area contributed by atoms with Gasteiger partial charge in [-0.2, -0.15) is 0 Å². The van der Waals surface area contributed by atoms with E-state index in [4.69, 9.17) is 0 Å². The number of amides is 2. The third-order valence-electron chi connectivity index (χ3n) is 5.74. The number of benzene rings is 1. The first-order valence-electron chi connectivity index (χ1n) is 10.3. The Kier molecular flexibility index (Phi) is 5.85. The van der Waals surface area contributed by atoms with Gasteiger partial charge in [0.2, 0.25) is 11.8 Å². The van der Waals surface area contributed by atoms with Crippen LogP contribution in [0.1, 0.15) is 29.7 Å². The molecule has 1 atom stereocenters. The van der Waals surface area contributed by atoms with Gasteiger partial charge in [-0.05, 0) is 25.8 Å². The van der Waals surface area contributed by atoms with E-state index in [2.05, 4.69) is 46.5 Å². The van der Waals surface area contributed by atoms with Crippen molar-refractivity contribution >= 4 is 28.3 Å². The van der Waals surface area contributed by atoms with E-state index in [-0.39, 0.29) is 17.7 Å². The Morgan fingerprint density at radius 1 is 1.14 bits per heavy atom. The number of likely N-dealkylation sites (tertiary alicyclic amines) is 1. The molecule has 0 saturated carbocycles. The van der Waals surface area contributed by atoms with E-state index in [1.807, 2.05) is 16.7 Å². The lowest BCUT2D eigenvalue weighted by molar-refractivity contribution is -0.135. The van der Waals surface area contributed by atoms with Gasteiger partial charge in [0.05, 0.1) is 11.6 Å². The molecule has 154 valence electrons. The van der Waals surface area contributed by atoms with Crippen LogP contribution >= 0.6 is 11.3 Å². The molecule has 1 aromatic carbocycles. The Morgan fingerprint density at radius 2 is 1.93 bits per heavy atom. The smallest absolute Gasteiger partial charge is 0.228 e. The molecule has 0 aliphatic carbocycles. The lowest BCUT2D eigenvalue weighted by Crippen LogP contribution is -2.40. The van der Waals surface area contributed by atoms with Gasteiger partial charge in [0.15, 0.2) is 5.13 Å². The maximum absolute atomic E-state index is 13.1. The molecule has 2 aromatic rings. The molecule has 0 spiro atoms. The van der Waals surface area contributed by atoms with Gasteiger partial charge in [-0.15, -0.1) is 11.3 Å². The maximum Gasteiger partial charge on any atom is 0.228 e. The third kappa shape index (κ3) is 4.61. The van der Waals surface area contributed by atoms with Crippen LogP contribution in [-0.4, -0.2) is 59.3 Å². The highest BCUT2D eigenvalue weighted by Crippen LogP contribution is 2.25. The molecule has 29 heavy (non-hydrogen) atoms. The van der Waals surface area contributed by atoms with Crippen LogP contribution in [-0.2, 0) is 16.1 Å². The molecule has 2 aliphatic rings. The van der Waals surface area contributed by atoms with E-state index in [0.29, 0.717) is 26.1 Å². The Morgan fingerprint density at radius 3 is 2.66 bits per heavy atom. The minimum absolute atomic E-state index is 0.0821. The highest BCUT2D eigenvalue weighted by molar-refractivity contribution is 7.13. The van der Waals surface area contributed by atoms with Gasteiger partial charge in [-0.3, -0.25) is 9.59 Å². The predicted molar refractivity (Wildman–Crippen MR) is 115 cm³/mol. The fraction of sp³-hybridized carbons (Fsp3) is 0.500. The first-order chi connectivity index (χ1) is 14.0. The molecule has 4 rings (SSSR count). The number of carbonyl (C=O) groups is 2. The zero-order valence-corrected chi connectivity index (χ0v) is 18.0. The molecule has 1 unspecified atom stereocenters. The normalized spacial score (nSPS) is 20.3. The summed E-state index contributed by atoms with van der Waals surface area (Å²) in [7, 11) is 0. The zero-order chi connectivity index (χ0) is 20.4. The predicted octanol–water partition coefficient (Wildman–Crippen LogP) is 2.85. The average molecular weight is 413 g/mol. The van der Waals surface area contributed by atoms with Crippen LogP contribution in [0.4, 0.5) is 5.13 Å². The van der Waals surface area contributed by atoms with Crippen LogP contribution in [0.25, 0.3) is 0 Å². The monoisotopic (exact) mass is 412 g/mol. The molecular formula is C22H28N4O2S. The van der Waals surface area contributed by atoms with Crippen molar-refractivity contribution < 1.29 is 9.59 Å². The fourth-order valence-electron chi connectivity index (χ4n) is 4.08. The van der Waals surface area contributed by atoms with Gasteiger partial charge in [-0.1, -0.05) is 29.8 Å². The summed E-state index contributed by atoms with van der Waals surface area (Å²) < 4.78 is 0. The Hall–Kier alpha value is -2.41. The van der Waals surface area contributed by atoms with Gasteiger partial charge >= 0.3 is 0 Å². The van der Waals surface area contributed by atoms with Crippen LogP contribution in [0.2, 0.25) is 0 Å². The number of carbonyl (C=O) groups excluding carboxylic acids is 2. The summed E-state index contributed by atoms with van der Waals surface area (Å²) >= 11 is 1.66. The van der Waals surface area contributed by atoms with Crippen LogP contribution in [0.15, 0.2) is 29.6 Å². The molecular weight excluding hydrogens is 384 g/mol. The second-order valence-electron chi connectivity index (χ2n) is 8.10. The van der Waals surface area contributed by atoms with Crippen LogP contribution in [0.5, 0.6) is 0 Å². The first-order valence-corrected chi connectivity index (χ1v) is 11.2. The van der Waals surface area contributed by atoms with E-state index < -0.39 is 0 Å². The average Bonchev–Trinajstić information content (AvgIpc) is 3.20. The summed E-state index contributed by atoms with van der Waals surface area (Å²) in [5, 5.41) is 3.10. The van der Waals surface area contributed by atoms with Crippen molar-refractivity contribution in [2.75, 3.05) is 37.6 Å². The summed E-state index contributed by atoms with van der Waals surface area (Å²) in [6, 6.07) is 8.24. The fourth-order valence-corrected chi connectivity index (χ4v) is 4.94. The second-order valence-corrected chi connectivity index (χ2v) is 8.93. The van der Waals surface area contributed by atoms with Crippen molar-refractivity contribution in [3.63, 3.8) is 0 Å². The highest BCUT2D eigenvalue weighted by atomic mass is 32.1. The largest absolute Gasteiger partial charge is 0.346 e. The van der Waals surface area contributed by atoms with E-state index >= 15 is 0 Å². The molecule has 2 fully saturated rings. The van der Waals surface area contributed by atoms with Crippen molar-refractivity contribution in [3.05, 3.63) is 46.5 Å². The zero-order valence-electron chi connectivity index (χ0n) is 17.1. The van der Waals surface area contributed by atoms with E-state index in [1.54, 1.807) is 11.3 Å². The van der Waals surface area contributed by atoms with Crippen molar-refractivity contribution in [2.45, 2.75) is 33.2 Å². The van der Waals surface area contributed by atoms with Crippen molar-refractivity contribution in [1.29, 1.82) is 0 Å². The van der Waals surface area contributed by atoms with E-state index in [1.165, 1.54) is 5.56 Å². The van der Waals surface area contributed by atoms with Crippen LogP contribution < -0.4 is 4.90 Å². The van der Waals surface area contributed by atoms with Crippen molar-refractivity contribution in [2.24, 2.45) is 5.92 Å². The molecule has 0 N–H and O–H groups in total. The summed E-state index contributed by atoms with van der Waals surface area (Å²) in [6.45, 7) is 8.33. The molecule has 0 radical (unpaired) electrons. The Labute approximate surface area is 176 Å². The van der Waals surface area contributed by atoms with Gasteiger partial charge < -0.3 is 14.7 Å². The lowest BCUT2D eigenvalue weighted by atomic mass is 10.1. The minimum atomic E-state index is -0.221. The number of hydrogen-bond acceptors (Lipinski definition) is 5. The topological polar surface area (TPSA) is 56.8 Å². The van der Waals surface area contributed by atoms with Crippen molar-refractivity contribution in [1.82, 2.24) is 14.8 Å². The number of aromatic nitrogens is 1. The van der Waals surface area contributed by atoms with E-state index in [9.17, 15) is 9.59 Å². The molecule has 7 heteroatoms. The number of anilines is 1. The van der Waals surface area contributed by atoms with Crippen molar-refractivity contribution in [3.8, 4) is 0 Å². The minimum Gasteiger partial charge on any atom is -0.346 e. The SMILES string of the molecule is Cc1ccc(CN2CC(C(=O)N3CCCN(c4nc(C)cs4)CC3)CC2=O)cc1. The Balaban J connectivity index is 1.34. The highest BCUT2D eigenvalue weighted by Gasteiger charge is 2.36. The number of rotatable bonds is 4. The van der Waals surface area contributed by atoms with Crippen LogP contribution in [0, 0.1) is 19.8 Å². The molecule has 0 bridgehead atoms. The van der Waals surface area contributed by atoms with Gasteiger partial charge in [0.1, 0.15) is 0 Å². The van der Waals surface area contributed by atoms with Gasteiger partial charge in [0, 0.05) is 51.1 Å². The van der Waals surface area contributed by atoms with Gasteiger partial charge in [0.25, 0.3) is 0 Å². The third-order valence-corrected chi connectivity index (χ3v) is 6.76. The summed E-state index contributed by atoms with van der Waals surface area (Å²) in [5.74, 6) is -0.0119. The summed E-state index contributed by atoms with van der Waals surface area (Å²) in [4.78, 5) is 36.2. The number of hydrogen-bond donors (Lipinski definition) is 0. The molecule has 3 heterocycles. The number of nitrogens with zero attached hydrogens (tertiary/aromatic N) is 4. The quantitative estimate of drug-likeness (QED) is 0.775. The Bertz CT molecular complexity index is 879. The lowest BCUT2D eigenvalue weighted by Gasteiger charge is -2.24. The molecule has 6 nitrogen and oxygen atoms in total. The molecule has 2 aliphatic heterocycles. The molecule has 1 aromatic heterocycles. The van der Waals surface area contributed by atoms with Crippen LogP contribution in [0.3, 0.4) is 0 Å². The second kappa shape index (κ2) is 8.53. The standard InChI is InChI=1S/C22H28N4O2S/c1-16-4-6-18(7-5-16)13-26-14-19(12-20(26)27)21(28)24-8-3-9-25(11-10-24)22-23-17(2)15-29-22/h4-7,15,19H,3,8-14H2,1-2H3. The molecule has 2 amide bonds.